The van der Waals surface area contributed by atoms with Gasteiger partial charge in [0.05, 0.1) is 5.69 Å². The molecule has 0 bridgehead atoms. The number of aryl methyl sites for hydroxylation is 1. The fourth-order valence-electron chi connectivity index (χ4n) is 2.79. The monoisotopic (exact) mass is 422 g/mol. The van der Waals surface area contributed by atoms with Crippen molar-refractivity contribution in [2.75, 3.05) is 11.9 Å². The van der Waals surface area contributed by atoms with Crippen molar-refractivity contribution in [1.29, 1.82) is 0 Å². The molecule has 0 unspecified atom stereocenters. The van der Waals surface area contributed by atoms with E-state index in [2.05, 4.69) is 20.1 Å². The van der Waals surface area contributed by atoms with Crippen LogP contribution in [0.3, 0.4) is 0 Å². The minimum atomic E-state index is -0.366. The van der Waals surface area contributed by atoms with Gasteiger partial charge in [-0.2, -0.15) is 0 Å². The lowest BCUT2D eigenvalue weighted by Gasteiger charge is -2.03. The molecule has 4 aromatic rings. The van der Waals surface area contributed by atoms with Gasteiger partial charge in [-0.25, -0.2) is 4.98 Å². The molecule has 1 N–H and O–H groups in total. The molecule has 0 aliphatic carbocycles. The van der Waals surface area contributed by atoms with Crippen LogP contribution in [0.5, 0.6) is 0 Å². The summed E-state index contributed by atoms with van der Waals surface area (Å²) in [6.07, 6.45) is 0. The van der Waals surface area contributed by atoms with Crippen molar-refractivity contribution in [2.24, 2.45) is 0 Å². The Labute approximate surface area is 176 Å². The average Bonchev–Trinajstić information content (AvgIpc) is 3.36. The molecule has 1 amide bonds. The summed E-state index contributed by atoms with van der Waals surface area (Å²) in [6, 6.07) is 17.1. The number of hydrogen-bond donors (Lipinski definition) is 1. The van der Waals surface area contributed by atoms with E-state index in [1.807, 2.05) is 66.9 Å². The SMILES string of the molecule is Cc1ccc(-c2csc(NC(=O)COCc3c(-c4ccccc4)no[n+]3[O-])n2)cc1. The van der Waals surface area contributed by atoms with Crippen LogP contribution in [0.4, 0.5) is 5.13 Å². The molecule has 152 valence electrons. The predicted molar refractivity (Wildman–Crippen MR) is 111 cm³/mol. The number of nitrogens with one attached hydrogen (secondary N) is 1. The van der Waals surface area contributed by atoms with Gasteiger partial charge in [0.25, 0.3) is 11.6 Å². The second-order valence-electron chi connectivity index (χ2n) is 6.54. The Morgan fingerprint density at radius 3 is 2.70 bits per heavy atom. The summed E-state index contributed by atoms with van der Waals surface area (Å²) < 4.78 is 10.1. The Morgan fingerprint density at radius 1 is 1.17 bits per heavy atom. The van der Waals surface area contributed by atoms with Crippen LogP contribution in [0, 0.1) is 12.1 Å². The Morgan fingerprint density at radius 2 is 1.93 bits per heavy atom. The van der Waals surface area contributed by atoms with Crippen molar-refractivity contribution >= 4 is 22.4 Å². The fourth-order valence-corrected chi connectivity index (χ4v) is 3.52. The number of ether oxygens (including phenoxy) is 1. The maximum Gasteiger partial charge on any atom is 0.253 e. The van der Waals surface area contributed by atoms with Gasteiger partial charge in [0.2, 0.25) is 5.69 Å². The molecule has 0 aliphatic heterocycles. The predicted octanol–water partition coefficient (Wildman–Crippen LogP) is 3.56. The minimum absolute atomic E-state index is 0.114. The molecule has 0 spiro atoms. The van der Waals surface area contributed by atoms with Crippen LogP contribution >= 0.6 is 11.3 Å². The average molecular weight is 422 g/mol. The second-order valence-corrected chi connectivity index (χ2v) is 7.39. The van der Waals surface area contributed by atoms with Crippen molar-refractivity contribution in [3.05, 3.63) is 76.4 Å². The number of carbonyl (C=O) groups excluding carboxylic acids is 1. The summed E-state index contributed by atoms with van der Waals surface area (Å²) >= 11 is 1.33. The molecule has 8 nitrogen and oxygen atoms in total. The topological polar surface area (TPSA) is 104 Å². The standard InChI is InChI=1S/C21H18N4O4S/c1-14-7-9-15(10-8-14)17-13-30-21(22-17)23-19(26)12-28-11-18-20(24-29-25(18)27)16-5-3-2-4-6-16/h2-10,13H,11-12H2,1H3,(H,22,23,26). The number of carbonyl (C=O) groups is 1. The summed E-state index contributed by atoms with van der Waals surface area (Å²) in [7, 11) is 0. The molecule has 0 radical (unpaired) electrons. The molecule has 4 rings (SSSR count). The summed E-state index contributed by atoms with van der Waals surface area (Å²) in [5.41, 5.74) is 4.25. The number of thiazole rings is 1. The van der Waals surface area contributed by atoms with E-state index in [1.54, 1.807) is 0 Å². The van der Waals surface area contributed by atoms with Gasteiger partial charge in [-0.05, 0) is 11.8 Å². The third-order valence-electron chi connectivity index (χ3n) is 4.32. The smallest absolute Gasteiger partial charge is 0.253 e. The number of anilines is 1. The van der Waals surface area contributed by atoms with Crippen LogP contribution in [-0.2, 0) is 16.1 Å². The molecule has 9 heteroatoms. The molecular formula is C21H18N4O4S. The number of rotatable bonds is 7. The number of aromatic nitrogens is 3. The summed E-state index contributed by atoms with van der Waals surface area (Å²) in [5.74, 6) is -0.366. The van der Waals surface area contributed by atoms with E-state index in [0.717, 1.165) is 16.8 Å². The Balaban J connectivity index is 1.33. The lowest BCUT2D eigenvalue weighted by Crippen LogP contribution is -2.29. The van der Waals surface area contributed by atoms with E-state index < -0.39 is 0 Å². The first-order valence-electron chi connectivity index (χ1n) is 9.14. The molecule has 0 saturated heterocycles. The van der Waals surface area contributed by atoms with Crippen LogP contribution in [0.1, 0.15) is 11.3 Å². The van der Waals surface area contributed by atoms with Crippen LogP contribution in [-0.4, -0.2) is 22.7 Å². The summed E-state index contributed by atoms with van der Waals surface area (Å²) in [5, 5.41) is 20.7. The molecule has 0 aliphatic rings. The normalized spacial score (nSPS) is 10.8. The highest BCUT2D eigenvalue weighted by Gasteiger charge is 2.21. The summed E-state index contributed by atoms with van der Waals surface area (Å²) in [4.78, 5) is 16.9. The van der Waals surface area contributed by atoms with E-state index >= 15 is 0 Å². The van der Waals surface area contributed by atoms with Crippen molar-refractivity contribution in [1.82, 2.24) is 10.1 Å². The third-order valence-corrected chi connectivity index (χ3v) is 5.07. The quantitative estimate of drug-likeness (QED) is 0.457. The zero-order chi connectivity index (χ0) is 20.9. The Kier molecular flexibility index (Phi) is 5.82. The molecular weight excluding hydrogens is 404 g/mol. The molecule has 0 atom stereocenters. The molecule has 2 aromatic carbocycles. The van der Waals surface area contributed by atoms with E-state index in [-0.39, 0.29) is 29.7 Å². The minimum Gasteiger partial charge on any atom is -0.363 e. The maximum atomic E-state index is 12.2. The highest BCUT2D eigenvalue weighted by molar-refractivity contribution is 7.14. The number of nitrogens with zero attached hydrogens (tertiary/aromatic N) is 3. The van der Waals surface area contributed by atoms with Crippen LogP contribution < -0.4 is 10.2 Å². The highest BCUT2D eigenvalue weighted by Crippen LogP contribution is 2.25. The Hall–Kier alpha value is -3.56. The van der Waals surface area contributed by atoms with Crippen LogP contribution in [0.15, 0.2) is 64.6 Å². The van der Waals surface area contributed by atoms with Crippen molar-refractivity contribution < 1.29 is 19.1 Å². The summed E-state index contributed by atoms with van der Waals surface area (Å²) in [6.45, 7) is 1.67. The van der Waals surface area contributed by atoms with Gasteiger partial charge in [0, 0.05) is 21.7 Å². The lowest BCUT2D eigenvalue weighted by molar-refractivity contribution is -0.809. The van der Waals surface area contributed by atoms with Gasteiger partial charge in [-0.3, -0.25) is 14.7 Å². The first kappa shape index (κ1) is 19.7. The maximum absolute atomic E-state index is 12.2. The largest absolute Gasteiger partial charge is 0.363 e. The Bertz CT molecular complexity index is 1140. The molecule has 0 saturated carbocycles. The van der Waals surface area contributed by atoms with Gasteiger partial charge < -0.3 is 9.94 Å². The number of amides is 1. The van der Waals surface area contributed by atoms with E-state index in [0.29, 0.717) is 10.8 Å². The van der Waals surface area contributed by atoms with Crippen LogP contribution in [0.2, 0.25) is 0 Å². The van der Waals surface area contributed by atoms with Crippen LogP contribution in [0.25, 0.3) is 22.5 Å². The molecule has 2 heterocycles. The van der Waals surface area contributed by atoms with E-state index in [4.69, 9.17) is 4.74 Å². The fraction of sp³-hybridized carbons (Fsp3) is 0.143. The zero-order valence-electron chi connectivity index (χ0n) is 16.1. The molecule has 0 fully saturated rings. The second kappa shape index (κ2) is 8.85. The number of benzene rings is 2. The van der Waals surface area contributed by atoms with Crippen molar-refractivity contribution in [3.63, 3.8) is 0 Å². The first-order chi connectivity index (χ1) is 14.6. The lowest BCUT2D eigenvalue weighted by atomic mass is 10.1. The molecule has 2 aromatic heterocycles. The van der Waals surface area contributed by atoms with Gasteiger partial charge in [-0.15, -0.1) is 11.3 Å². The van der Waals surface area contributed by atoms with Gasteiger partial charge >= 0.3 is 0 Å². The van der Waals surface area contributed by atoms with Crippen molar-refractivity contribution in [3.8, 4) is 22.5 Å². The number of hydrogen-bond acceptors (Lipinski definition) is 7. The first-order valence-corrected chi connectivity index (χ1v) is 10.0. The zero-order valence-corrected chi connectivity index (χ0v) is 16.9. The van der Waals surface area contributed by atoms with Crippen molar-refractivity contribution in [2.45, 2.75) is 13.5 Å². The highest BCUT2D eigenvalue weighted by atomic mass is 32.1. The third kappa shape index (κ3) is 4.53. The van der Waals surface area contributed by atoms with Gasteiger partial charge in [-0.1, -0.05) is 60.2 Å². The van der Waals surface area contributed by atoms with Gasteiger partial charge in [0.1, 0.15) is 13.2 Å². The van der Waals surface area contributed by atoms with E-state index in [9.17, 15) is 10.0 Å². The van der Waals surface area contributed by atoms with Gasteiger partial charge in [0.15, 0.2) is 5.13 Å². The molecule has 30 heavy (non-hydrogen) atoms. The van der Waals surface area contributed by atoms with E-state index in [1.165, 1.54) is 16.9 Å².